The number of non-ortho nitro benzene ring substituents is 1. The zero-order valence-corrected chi connectivity index (χ0v) is 16.6. The van der Waals surface area contributed by atoms with Gasteiger partial charge in [-0.25, -0.2) is 0 Å². The van der Waals surface area contributed by atoms with Crippen molar-refractivity contribution >= 4 is 35.0 Å². The Morgan fingerprint density at radius 2 is 1.68 bits per heavy atom. The number of carbonyl (C=O) groups is 1. The zero-order valence-electron chi connectivity index (χ0n) is 15.8. The number of allylic oxidation sites excluding steroid dienone is 1. The summed E-state index contributed by atoms with van der Waals surface area (Å²) in [4.78, 5) is 35.2. The third kappa shape index (κ3) is 5.20. The minimum atomic E-state index is -0.711. The van der Waals surface area contributed by atoms with Crippen LogP contribution >= 0.6 is 11.8 Å². The van der Waals surface area contributed by atoms with Gasteiger partial charge in [0.1, 0.15) is 11.6 Å². The van der Waals surface area contributed by atoms with Crippen LogP contribution < -0.4 is 0 Å². The number of nitrogens with zero attached hydrogens (tertiary/aromatic N) is 3. The maximum atomic E-state index is 12.6. The lowest BCUT2D eigenvalue weighted by Gasteiger charge is -2.05. The Morgan fingerprint density at radius 3 is 2.32 bits per heavy atom. The minimum Gasteiger partial charge on any atom is -0.288 e. The Bertz CT molecular complexity index is 1250. The van der Waals surface area contributed by atoms with Crippen LogP contribution in [0.2, 0.25) is 0 Å². The molecule has 3 rings (SSSR count). The average Bonchev–Trinajstić information content (AvgIpc) is 2.78. The van der Waals surface area contributed by atoms with Gasteiger partial charge in [0, 0.05) is 28.7 Å². The molecular formula is C22H13N3O5S. The van der Waals surface area contributed by atoms with Crippen molar-refractivity contribution in [1.82, 2.24) is 0 Å². The molecule has 0 fully saturated rings. The first-order chi connectivity index (χ1) is 14.9. The summed E-state index contributed by atoms with van der Waals surface area (Å²) in [5.41, 5.74) is -0.464. The maximum absolute atomic E-state index is 12.6. The summed E-state index contributed by atoms with van der Waals surface area (Å²) in [5, 5.41) is 31.9. The van der Waals surface area contributed by atoms with Crippen LogP contribution in [-0.4, -0.2) is 15.6 Å². The molecule has 0 amide bonds. The number of hydrogen-bond donors (Lipinski definition) is 0. The van der Waals surface area contributed by atoms with Gasteiger partial charge in [0.2, 0.25) is 5.78 Å². The monoisotopic (exact) mass is 431 g/mol. The first-order valence-corrected chi connectivity index (χ1v) is 9.63. The third-order valence-electron chi connectivity index (χ3n) is 4.15. The number of nitro benzene ring substituents is 2. The molecule has 0 aromatic heterocycles. The number of hydrogen-bond acceptors (Lipinski definition) is 7. The highest BCUT2D eigenvalue weighted by Crippen LogP contribution is 2.35. The normalized spacial score (nSPS) is 10.9. The Kier molecular flexibility index (Phi) is 6.54. The summed E-state index contributed by atoms with van der Waals surface area (Å²) in [6.45, 7) is 0. The smallest absolute Gasteiger partial charge is 0.283 e. The predicted octanol–water partition coefficient (Wildman–Crippen LogP) is 5.44. The molecule has 0 N–H and O–H groups in total. The number of ketones is 1. The molecule has 0 aliphatic carbocycles. The van der Waals surface area contributed by atoms with Gasteiger partial charge in [0.05, 0.1) is 14.7 Å². The standard InChI is InChI=1S/C22H13N3O5S/c23-14-17(22(26)16-5-4-6-18(13-16)24(27)28)11-15-9-10-21(20(12-15)25(29)30)31-19-7-2-1-3-8-19/h1-13H/b17-11-. The first-order valence-electron chi connectivity index (χ1n) is 8.81. The van der Waals surface area contributed by atoms with E-state index in [9.17, 15) is 30.3 Å². The van der Waals surface area contributed by atoms with Crippen LogP contribution in [0.5, 0.6) is 0 Å². The molecular weight excluding hydrogens is 418 g/mol. The summed E-state index contributed by atoms with van der Waals surface area (Å²) >= 11 is 1.23. The molecule has 3 aromatic carbocycles. The number of Topliss-reactive ketones (excluding diaryl/α,β-unsaturated/α-hetero) is 1. The fraction of sp³-hybridized carbons (Fsp3) is 0. The Hall–Kier alpha value is -4.29. The van der Waals surface area contributed by atoms with Gasteiger partial charge in [-0.2, -0.15) is 5.26 Å². The lowest BCUT2D eigenvalue weighted by Crippen LogP contribution is -2.03. The van der Waals surface area contributed by atoms with Crippen LogP contribution in [0, 0.1) is 31.6 Å². The van der Waals surface area contributed by atoms with Gasteiger partial charge in [0.25, 0.3) is 11.4 Å². The molecule has 0 aliphatic rings. The summed E-state index contributed by atoms with van der Waals surface area (Å²) in [6.07, 6.45) is 1.23. The molecule has 0 aliphatic heterocycles. The molecule has 0 atom stereocenters. The molecule has 0 saturated heterocycles. The van der Waals surface area contributed by atoms with E-state index in [1.165, 1.54) is 42.1 Å². The highest BCUT2D eigenvalue weighted by Gasteiger charge is 2.18. The van der Waals surface area contributed by atoms with E-state index < -0.39 is 15.6 Å². The highest BCUT2D eigenvalue weighted by molar-refractivity contribution is 7.99. The quantitative estimate of drug-likeness (QED) is 0.160. The lowest BCUT2D eigenvalue weighted by atomic mass is 10.0. The van der Waals surface area contributed by atoms with E-state index in [-0.39, 0.29) is 22.5 Å². The second-order valence-corrected chi connectivity index (χ2v) is 7.32. The molecule has 9 heteroatoms. The summed E-state index contributed by atoms with van der Waals surface area (Å²) < 4.78 is 0. The van der Waals surface area contributed by atoms with Gasteiger partial charge in [0.15, 0.2) is 0 Å². The molecule has 0 heterocycles. The van der Waals surface area contributed by atoms with Crippen LogP contribution in [0.1, 0.15) is 15.9 Å². The Morgan fingerprint density at radius 1 is 0.935 bits per heavy atom. The number of rotatable bonds is 7. The van der Waals surface area contributed by atoms with Crippen molar-refractivity contribution in [3.05, 3.63) is 110 Å². The molecule has 3 aromatic rings. The van der Waals surface area contributed by atoms with E-state index in [0.717, 1.165) is 11.0 Å². The summed E-state index contributed by atoms with van der Waals surface area (Å²) in [7, 11) is 0. The second kappa shape index (κ2) is 9.47. The van der Waals surface area contributed by atoms with Crippen molar-refractivity contribution in [3.63, 3.8) is 0 Å². The van der Waals surface area contributed by atoms with Crippen LogP contribution in [0.4, 0.5) is 11.4 Å². The van der Waals surface area contributed by atoms with E-state index in [2.05, 4.69) is 0 Å². The number of nitriles is 1. The molecule has 0 bridgehead atoms. The van der Waals surface area contributed by atoms with Gasteiger partial charge in [-0.05, 0) is 29.8 Å². The van der Waals surface area contributed by atoms with Gasteiger partial charge in [-0.1, -0.05) is 48.2 Å². The van der Waals surface area contributed by atoms with E-state index in [4.69, 9.17) is 0 Å². The molecule has 0 saturated carbocycles. The van der Waals surface area contributed by atoms with Crippen molar-refractivity contribution in [2.45, 2.75) is 9.79 Å². The molecule has 31 heavy (non-hydrogen) atoms. The average molecular weight is 431 g/mol. The van der Waals surface area contributed by atoms with Crippen molar-refractivity contribution in [2.24, 2.45) is 0 Å². The van der Waals surface area contributed by atoms with Crippen LogP contribution in [0.25, 0.3) is 6.08 Å². The summed E-state index contributed by atoms with van der Waals surface area (Å²) in [6, 6.07) is 20.3. The maximum Gasteiger partial charge on any atom is 0.283 e. The first kappa shape index (κ1) is 21.4. The molecule has 0 unspecified atom stereocenters. The Balaban J connectivity index is 1.95. The number of nitro groups is 2. The van der Waals surface area contributed by atoms with Crippen molar-refractivity contribution in [3.8, 4) is 6.07 Å². The van der Waals surface area contributed by atoms with E-state index >= 15 is 0 Å². The zero-order chi connectivity index (χ0) is 22.4. The Labute approximate surface area is 180 Å². The van der Waals surface area contributed by atoms with E-state index in [0.29, 0.717) is 10.5 Å². The van der Waals surface area contributed by atoms with Crippen LogP contribution in [0.15, 0.2) is 88.2 Å². The summed E-state index contributed by atoms with van der Waals surface area (Å²) in [5.74, 6) is -0.711. The van der Waals surface area contributed by atoms with Crippen molar-refractivity contribution in [2.75, 3.05) is 0 Å². The van der Waals surface area contributed by atoms with Crippen LogP contribution in [0.3, 0.4) is 0 Å². The largest absolute Gasteiger partial charge is 0.288 e. The minimum absolute atomic E-state index is 0.0206. The fourth-order valence-corrected chi connectivity index (χ4v) is 3.62. The molecule has 0 spiro atoms. The van der Waals surface area contributed by atoms with Gasteiger partial charge >= 0.3 is 0 Å². The topological polar surface area (TPSA) is 127 Å². The molecule has 152 valence electrons. The van der Waals surface area contributed by atoms with Crippen molar-refractivity contribution in [1.29, 1.82) is 5.26 Å². The van der Waals surface area contributed by atoms with E-state index in [1.54, 1.807) is 18.2 Å². The van der Waals surface area contributed by atoms with Crippen LogP contribution in [-0.2, 0) is 0 Å². The fourth-order valence-electron chi connectivity index (χ4n) is 2.70. The third-order valence-corrected chi connectivity index (χ3v) is 5.22. The molecule has 8 nitrogen and oxygen atoms in total. The van der Waals surface area contributed by atoms with Gasteiger partial charge in [-0.3, -0.25) is 25.0 Å². The van der Waals surface area contributed by atoms with Gasteiger partial charge < -0.3 is 0 Å². The van der Waals surface area contributed by atoms with Gasteiger partial charge in [-0.15, -0.1) is 0 Å². The van der Waals surface area contributed by atoms with E-state index in [1.807, 2.05) is 30.3 Å². The van der Waals surface area contributed by atoms with Crippen molar-refractivity contribution < 1.29 is 14.6 Å². The number of benzene rings is 3. The highest BCUT2D eigenvalue weighted by atomic mass is 32.2. The predicted molar refractivity (Wildman–Crippen MR) is 115 cm³/mol. The second-order valence-electron chi connectivity index (χ2n) is 6.21. The SMILES string of the molecule is N#C/C(=C/c1ccc(Sc2ccccc2)c([N+](=O)[O-])c1)C(=O)c1cccc([N+](=O)[O-])c1. The number of carbonyl (C=O) groups excluding carboxylic acids is 1. The lowest BCUT2D eigenvalue weighted by molar-refractivity contribution is -0.387. The molecule has 0 radical (unpaired) electrons.